The number of halogens is 2. The predicted molar refractivity (Wildman–Crippen MR) is 94.7 cm³/mol. The van der Waals surface area contributed by atoms with E-state index in [2.05, 4.69) is 18.3 Å². The number of aliphatic hydroxyl groups excluding tert-OH is 1. The van der Waals surface area contributed by atoms with Gasteiger partial charge >= 0.3 is 5.97 Å². The lowest BCUT2D eigenvalue weighted by Gasteiger charge is -2.10. The highest BCUT2D eigenvalue weighted by molar-refractivity contribution is 6.35. The van der Waals surface area contributed by atoms with Crippen molar-refractivity contribution in [2.24, 2.45) is 0 Å². The maximum atomic E-state index is 12.2. The molecule has 0 radical (unpaired) electrons. The van der Waals surface area contributed by atoms with Gasteiger partial charge in [0.25, 0.3) is 0 Å². The number of benzene rings is 1. The number of allylic oxidation sites excluding steroid dienone is 2. The Kier molecular flexibility index (Phi) is 5.83. The molecule has 0 spiro atoms. The van der Waals surface area contributed by atoms with Crippen molar-refractivity contribution < 1.29 is 14.6 Å². The number of hydrogen-bond donors (Lipinski definition) is 1. The second kappa shape index (κ2) is 7.66. The second-order valence-corrected chi connectivity index (χ2v) is 5.63. The van der Waals surface area contributed by atoms with Crippen LogP contribution < -0.4 is 0 Å². The number of aliphatic hydroxyl groups is 1. The Hall–Kier alpha value is -2.08. The van der Waals surface area contributed by atoms with E-state index in [1.807, 2.05) is 0 Å². The van der Waals surface area contributed by atoms with E-state index in [0.717, 1.165) is 0 Å². The van der Waals surface area contributed by atoms with E-state index in [1.54, 1.807) is 25.1 Å². The molecule has 0 bridgehead atoms. The Morgan fingerprint density at radius 1 is 1.46 bits per heavy atom. The van der Waals surface area contributed by atoms with Crippen molar-refractivity contribution in [3.63, 3.8) is 0 Å². The molecule has 0 fully saturated rings. The van der Waals surface area contributed by atoms with Crippen LogP contribution in [0.5, 0.6) is 0 Å². The molecular formula is C17H16Cl2N2O3. The molecule has 1 N–H and O–H groups in total. The van der Waals surface area contributed by atoms with Gasteiger partial charge in [0.1, 0.15) is 0 Å². The maximum absolute atomic E-state index is 12.2. The number of rotatable bonds is 6. The minimum Gasteiger partial charge on any atom is -0.461 e. The highest BCUT2D eigenvalue weighted by Crippen LogP contribution is 2.30. The third-order valence-corrected chi connectivity index (χ3v) is 3.84. The van der Waals surface area contributed by atoms with Crippen LogP contribution in [0.15, 0.2) is 37.4 Å². The third kappa shape index (κ3) is 3.38. The molecule has 2 aromatic rings. The summed E-state index contributed by atoms with van der Waals surface area (Å²) < 4.78 is 6.43. The van der Waals surface area contributed by atoms with Crippen molar-refractivity contribution in [2.75, 3.05) is 6.61 Å². The van der Waals surface area contributed by atoms with Crippen molar-refractivity contribution in [2.45, 2.75) is 13.5 Å². The summed E-state index contributed by atoms with van der Waals surface area (Å²) in [6, 6.07) is 4.87. The quantitative estimate of drug-likeness (QED) is 0.618. The van der Waals surface area contributed by atoms with Crippen LogP contribution in [0.1, 0.15) is 28.7 Å². The van der Waals surface area contributed by atoms with Crippen LogP contribution in [0, 0.1) is 0 Å². The Morgan fingerprint density at radius 3 is 2.71 bits per heavy atom. The Balaban J connectivity index is 2.76. The molecule has 0 aliphatic rings. The Labute approximate surface area is 149 Å². The smallest absolute Gasteiger partial charge is 0.359 e. The van der Waals surface area contributed by atoms with Crippen LogP contribution in [0.2, 0.25) is 10.0 Å². The molecule has 0 aliphatic heterocycles. The van der Waals surface area contributed by atoms with Gasteiger partial charge in [-0.25, -0.2) is 9.48 Å². The first kappa shape index (κ1) is 18.3. The largest absolute Gasteiger partial charge is 0.461 e. The Morgan fingerprint density at radius 2 is 2.17 bits per heavy atom. The average Bonchev–Trinajstić information content (AvgIpc) is 2.93. The molecule has 2 rings (SSSR count). The van der Waals surface area contributed by atoms with Gasteiger partial charge in [-0.05, 0) is 30.7 Å². The molecule has 0 saturated carbocycles. The molecule has 0 unspecified atom stereocenters. The molecule has 1 aromatic heterocycles. The molecular weight excluding hydrogens is 351 g/mol. The van der Waals surface area contributed by atoms with Gasteiger partial charge in [-0.1, -0.05) is 42.4 Å². The first-order chi connectivity index (χ1) is 11.4. The summed E-state index contributed by atoms with van der Waals surface area (Å²) in [5, 5.41) is 14.8. The van der Waals surface area contributed by atoms with Gasteiger partial charge in [-0.2, -0.15) is 5.10 Å². The zero-order valence-electron chi connectivity index (χ0n) is 13.1. The van der Waals surface area contributed by atoms with E-state index in [-0.39, 0.29) is 12.3 Å². The number of aromatic nitrogens is 2. The molecule has 0 aliphatic carbocycles. The zero-order chi connectivity index (χ0) is 17.9. The van der Waals surface area contributed by atoms with E-state index >= 15 is 0 Å². The van der Waals surface area contributed by atoms with E-state index < -0.39 is 12.6 Å². The lowest BCUT2D eigenvalue weighted by Crippen LogP contribution is -2.08. The fourth-order valence-electron chi connectivity index (χ4n) is 2.22. The summed E-state index contributed by atoms with van der Waals surface area (Å²) in [5.74, 6) is -0.636. The number of nitrogens with zero attached hydrogens (tertiary/aromatic N) is 2. The van der Waals surface area contributed by atoms with Crippen molar-refractivity contribution in [3.8, 4) is 5.69 Å². The first-order valence-electron chi connectivity index (χ1n) is 7.11. The zero-order valence-corrected chi connectivity index (χ0v) is 14.6. The molecule has 1 heterocycles. The van der Waals surface area contributed by atoms with Crippen molar-refractivity contribution in [1.82, 2.24) is 9.78 Å². The van der Waals surface area contributed by atoms with Crippen LogP contribution >= 0.6 is 23.2 Å². The normalized spacial score (nSPS) is 10.5. The molecule has 0 saturated heterocycles. The fourth-order valence-corrected chi connectivity index (χ4v) is 2.71. The minimum atomic E-state index is -0.636. The fraction of sp³-hybridized carbons (Fsp3) is 0.176. The maximum Gasteiger partial charge on any atom is 0.359 e. The number of carbonyl (C=O) groups excluding carboxylic acids is 1. The van der Waals surface area contributed by atoms with Crippen LogP contribution in [0.25, 0.3) is 11.3 Å². The van der Waals surface area contributed by atoms with Gasteiger partial charge in [0.2, 0.25) is 0 Å². The minimum absolute atomic E-state index is 0.00312. The Bertz CT molecular complexity index is 812. The molecule has 7 heteroatoms. The lowest BCUT2D eigenvalue weighted by molar-refractivity contribution is 0.0515. The summed E-state index contributed by atoms with van der Waals surface area (Å²) in [7, 11) is 0. The van der Waals surface area contributed by atoms with Gasteiger partial charge in [0.05, 0.1) is 29.6 Å². The van der Waals surface area contributed by atoms with E-state index in [1.165, 1.54) is 10.8 Å². The first-order valence-corrected chi connectivity index (χ1v) is 7.87. The van der Waals surface area contributed by atoms with E-state index in [4.69, 9.17) is 27.9 Å². The number of esters is 1. The van der Waals surface area contributed by atoms with Gasteiger partial charge < -0.3 is 9.84 Å². The summed E-state index contributed by atoms with van der Waals surface area (Å²) in [4.78, 5) is 12.2. The highest BCUT2D eigenvalue weighted by atomic mass is 35.5. The van der Waals surface area contributed by atoms with Gasteiger partial charge in [0, 0.05) is 10.6 Å². The third-order valence-electron chi connectivity index (χ3n) is 3.30. The molecule has 1 aromatic carbocycles. The van der Waals surface area contributed by atoms with E-state index in [9.17, 15) is 9.90 Å². The molecule has 0 amide bonds. The predicted octanol–water partition coefficient (Wildman–Crippen LogP) is 4.05. The van der Waals surface area contributed by atoms with E-state index in [0.29, 0.717) is 32.6 Å². The SMILES string of the molecule is C=CC(=C)c1c(CO)c(C(=O)OCC)nn1-c1ccc(Cl)cc1Cl. The van der Waals surface area contributed by atoms with Gasteiger partial charge in [-0.15, -0.1) is 0 Å². The molecule has 126 valence electrons. The summed E-state index contributed by atoms with van der Waals surface area (Å²) in [6.45, 7) is 9.04. The standard InChI is InChI=1S/C17H16Cl2N2O3/c1-4-10(3)16-12(9-22)15(17(23)24-5-2)20-21(16)14-7-6-11(18)8-13(14)19/h4,6-8,22H,1,3,5,9H2,2H3. The summed E-state index contributed by atoms with van der Waals surface area (Å²) in [6.07, 6.45) is 1.51. The van der Waals surface area contributed by atoms with Gasteiger partial charge in [0.15, 0.2) is 5.69 Å². The lowest BCUT2D eigenvalue weighted by atomic mass is 10.1. The van der Waals surface area contributed by atoms with Gasteiger partial charge in [-0.3, -0.25) is 0 Å². The van der Waals surface area contributed by atoms with Crippen molar-refractivity contribution >= 4 is 34.7 Å². The van der Waals surface area contributed by atoms with Crippen LogP contribution in [0.4, 0.5) is 0 Å². The highest BCUT2D eigenvalue weighted by Gasteiger charge is 2.25. The number of carbonyl (C=O) groups is 1. The van der Waals surface area contributed by atoms with Crippen LogP contribution in [-0.2, 0) is 11.3 Å². The topological polar surface area (TPSA) is 64.3 Å². The molecule has 24 heavy (non-hydrogen) atoms. The van der Waals surface area contributed by atoms with Crippen molar-refractivity contribution in [1.29, 1.82) is 0 Å². The second-order valence-electron chi connectivity index (χ2n) is 4.79. The summed E-state index contributed by atoms with van der Waals surface area (Å²) >= 11 is 12.2. The van der Waals surface area contributed by atoms with Crippen LogP contribution in [0.3, 0.4) is 0 Å². The van der Waals surface area contributed by atoms with Crippen LogP contribution in [-0.4, -0.2) is 27.5 Å². The summed E-state index contributed by atoms with van der Waals surface area (Å²) in [5.41, 5.74) is 1.70. The average molecular weight is 367 g/mol. The number of ether oxygens (including phenoxy) is 1. The molecule has 5 nitrogen and oxygen atoms in total. The molecule has 0 atom stereocenters. The van der Waals surface area contributed by atoms with Crippen molar-refractivity contribution in [3.05, 3.63) is 64.4 Å². The number of hydrogen-bond acceptors (Lipinski definition) is 4. The monoisotopic (exact) mass is 366 g/mol.